The van der Waals surface area contributed by atoms with Crippen molar-refractivity contribution in [1.29, 1.82) is 0 Å². The number of unbranched alkanes of at least 4 members (excludes halogenated alkanes) is 9. The lowest BCUT2D eigenvalue weighted by atomic mass is 9.77. The van der Waals surface area contributed by atoms with Gasteiger partial charge in [-0.15, -0.1) is 0 Å². The van der Waals surface area contributed by atoms with E-state index in [0.717, 1.165) is 36.1 Å². The van der Waals surface area contributed by atoms with Crippen LogP contribution in [0, 0.1) is 17.8 Å². The lowest BCUT2D eigenvalue weighted by Crippen LogP contribution is -2.25. The van der Waals surface area contributed by atoms with Crippen LogP contribution in [-0.2, 0) is 4.79 Å². The minimum Gasteiger partial charge on any atom is -0.426 e. The molecule has 0 atom stereocenters. The number of carbonyl (C=O) groups excluding carboxylic acids is 1. The van der Waals surface area contributed by atoms with Gasteiger partial charge in [-0.1, -0.05) is 97.3 Å². The predicted molar refractivity (Wildman–Crippen MR) is 175 cm³/mol. The van der Waals surface area contributed by atoms with Gasteiger partial charge in [-0.25, -0.2) is 9.97 Å². The van der Waals surface area contributed by atoms with Crippen molar-refractivity contribution < 1.29 is 9.53 Å². The summed E-state index contributed by atoms with van der Waals surface area (Å²) in [5.74, 6) is 3.65. The number of carbonyl (C=O) groups is 1. The Kier molecular flexibility index (Phi) is 14.3. The second kappa shape index (κ2) is 18.4. The number of nitrogens with zero attached hydrogens (tertiary/aromatic N) is 2. The van der Waals surface area contributed by atoms with Crippen molar-refractivity contribution in [2.45, 2.75) is 155 Å². The maximum Gasteiger partial charge on any atom is 0.314 e. The molecule has 4 rings (SSSR count). The zero-order valence-electron chi connectivity index (χ0n) is 26.8. The first-order valence-electron chi connectivity index (χ1n) is 17.8. The summed E-state index contributed by atoms with van der Waals surface area (Å²) in [5.41, 5.74) is 2.25. The molecular formula is C38H58N2O2. The fourth-order valence-corrected chi connectivity index (χ4v) is 7.29. The van der Waals surface area contributed by atoms with Gasteiger partial charge < -0.3 is 4.74 Å². The molecule has 42 heavy (non-hydrogen) atoms. The standard InChI is InChI=1S/C38H58N2O2/c1-3-5-7-9-11-13-15-30-16-20-32(21-17-30)35-28-39-37(40-29-35)33-24-26-36(27-25-33)42-38(41)34-22-18-31(19-23-34)14-12-10-8-6-4-2/h24-32,34H,3-23H2,1-2H3/t30-,31?,32-,34?. The van der Waals surface area contributed by atoms with Crippen molar-refractivity contribution in [3.05, 3.63) is 42.2 Å². The average molecular weight is 575 g/mol. The lowest BCUT2D eigenvalue weighted by Gasteiger charge is -2.28. The molecule has 2 aromatic rings. The Bertz CT molecular complexity index is 1000. The number of hydrogen-bond acceptors (Lipinski definition) is 4. The van der Waals surface area contributed by atoms with Gasteiger partial charge in [0.2, 0.25) is 0 Å². The van der Waals surface area contributed by atoms with Crippen LogP contribution in [0.3, 0.4) is 0 Å². The molecule has 2 fully saturated rings. The van der Waals surface area contributed by atoms with Crippen LogP contribution < -0.4 is 4.74 Å². The summed E-state index contributed by atoms with van der Waals surface area (Å²) >= 11 is 0. The Morgan fingerprint density at radius 2 is 1.17 bits per heavy atom. The molecule has 1 heterocycles. The lowest BCUT2D eigenvalue weighted by molar-refractivity contribution is -0.140. The predicted octanol–water partition coefficient (Wildman–Crippen LogP) is 11.2. The number of esters is 1. The Morgan fingerprint density at radius 1 is 0.667 bits per heavy atom. The molecule has 4 heteroatoms. The van der Waals surface area contributed by atoms with Crippen LogP contribution in [-0.4, -0.2) is 15.9 Å². The van der Waals surface area contributed by atoms with Crippen molar-refractivity contribution in [1.82, 2.24) is 9.97 Å². The van der Waals surface area contributed by atoms with Crippen LogP contribution >= 0.6 is 0 Å². The highest BCUT2D eigenvalue weighted by Crippen LogP contribution is 2.38. The highest BCUT2D eigenvalue weighted by molar-refractivity contribution is 5.75. The summed E-state index contributed by atoms with van der Waals surface area (Å²) in [4.78, 5) is 22.3. The van der Waals surface area contributed by atoms with E-state index in [1.165, 1.54) is 128 Å². The molecule has 0 N–H and O–H groups in total. The molecular weight excluding hydrogens is 516 g/mol. The second-order valence-corrected chi connectivity index (χ2v) is 13.5. The summed E-state index contributed by atoms with van der Waals surface area (Å²) < 4.78 is 5.78. The Hall–Kier alpha value is -2.23. The SMILES string of the molecule is CCCCCCCC[C@H]1CC[C@H](c2cnc(-c3ccc(OC(=O)C4CCC(CCCCCCC)CC4)cc3)nc2)CC1. The molecule has 1 aromatic carbocycles. The van der Waals surface area contributed by atoms with Gasteiger partial charge in [-0.2, -0.15) is 0 Å². The molecule has 0 unspecified atom stereocenters. The van der Waals surface area contributed by atoms with Gasteiger partial charge in [0.25, 0.3) is 0 Å². The summed E-state index contributed by atoms with van der Waals surface area (Å²) in [5, 5.41) is 0. The fourth-order valence-electron chi connectivity index (χ4n) is 7.29. The summed E-state index contributed by atoms with van der Waals surface area (Å²) in [6.45, 7) is 4.56. The van der Waals surface area contributed by atoms with E-state index >= 15 is 0 Å². The first kappa shape index (κ1) is 32.7. The third-order valence-corrected chi connectivity index (χ3v) is 10.2. The molecule has 2 saturated carbocycles. The Labute approximate surface area is 256 Å². The molecule has 0 spiro atoms. The molecule has 4 nitrogen and oxygen atoms in total. The van der Waals surface area contributed by atoms with Gasteiger partial charge in [0, 0.05) is 18.0 Å². The highest BCUT2D eigenvalue weighted by Gasteiger charge is 2.27. The topological polar surface area (TPSA) is 52.1 Å². The normalized spacial score (nSPS) is 22.6. The summed E-state index contributed by atoms with van der Waals surface area (Å²) in [6, 6.07) is 7.72. The quantitative estimate of drug-likeness (QED) is 0.107. The Morgan fingerprint density at radius 3 is 1.71 bits per heavy atom. The van der Waals surface area contributed by atoms with Crippen LogP contribution in [0.5, 0.6) is 5.75 Å². The summed E-state index contributed by atoms with van der Waals surface area (Å²) in [7, 11) is 0. The summed E-state index contributed by atoms with van der Waals surface area (Å²) in [6.07, 6.45) is 31.5. The van der Waals surface area contributed by atoms with E-state index in [9.17, 15) is 4.79 Å². The van der Waals surface area contributed by atoms with E-state index in [4.69, 9.17) is 14.7 Å². The van der Waals surface area contributed by atoms with Gasteiger partial charge >= 0.3 is 5.97 Å². The zero-order valence-corrected chi connectivity index (χ0v) is 26.8. The van der Waals surface area contributed by atoms with Gasteiger partial charge in [0.05, 0.1) is 5.92 Å². The van der Waals surface area contributed by atoms with E-state index < -0.39 is 0 Å². The number of aromatic nitrogens is 2. The van der Waals surface area contributed by atoms with Crippen LogP contribution in [0.15, 0.2) is 36.7 Å². The first-order chi connectivity index (χ1) is 20.7. The molecule has 0 saturated heterocycles. The fraction of sp³-hybridized carbons (Fsp3) is 0.711. The van der Waals surface area contributed by atoms with Crippen molar-refractivity contribution >= 4 is 5.97 Å². The smallest absolute Gasteiger partial charge is 0.314 e. The van der Waals surface area contributed by atoms with Gasteiger partial charge in [-0.3, -0.25) is 4.79 Å². The third kappa shape index (κ3) is 10.8. The highest BCUT2D eigenvalue weighted by atomic mass is 16.5. The van der Waals surface area contributed by atoms with Crippen LogP contribution in [0.25, 0.3) is 11.4 Å². The minimum atomic E-state index is -0.0635. The molecule has 0 bridgehead atoms. The van der Waals surface area contributed by atoms with Crippen molar-refractivity contribution in [2.24, 2.45) is 17.8 Å². The van der Waals surface area contributed by atoms with Gasteiger partial charge in [-0.05, 0) is 98.9 Å². The van der Waals surface area contributed by atoms with E-state index in [2.05, 4.69) is 13.8 Å². The maximum atomic E-state index is 12.8. The van der Waals surface area contributed by atoms with E-state index in [0.29, 0.717) is 11.7 Å². The van der Waals surface area contributed by atoms with Gasteiger partial charge in [0.1, 0.15) is 5.75 Å². The molecule has 232 valence electrons. The van der Waals surface area contributed by atoms with E-state index in [-0.39, 0.29) is 11.9 Å². The first-order valence-corrected chi connectivity index (χ1v) is 17.8. The number of rotatable bonds is 17. The van der Waals surface area contributed by atoms with Crippen molar-refractivity contribution in [2.75, 3.05) is 0 Å². The molecule has 0 amide bonds. The molecule has 0 aliphatic heterocycles. The Balaban J connectivity index is 1.15. The number of ether oxygens (including phenoxy) is 1. The minimum absolute atomic E-state index is 0.0440. The van der Waals surface area contributed by atoms with Crippen LogP contribution in [0.2, 0.25) is 0 Å². The van der Waals surface area contributed by atoms with Crippen molar-refractivity contribution in [3.8, 4) is 17.1 Å². The average Bonchev–Trinajstić information content (AvgIpc) is 3.04. The largest absolute Gasteiger partial charge is 0.426 e. The molecule has 2 aliphatic carbocycles. The van der Waals surface area contributed by atoms with Crippen molar-refractivity contribution in [3.63, 3.8) is 0 Å². The van der Waals surface area contributed by atoms with E-state index in [1.807, 2.05) is 36.7 Å². The second-order valence-electron chi connectivity index (χ2n) is 13.5. The number of hydrogen-bond donors (Lipinski definition) is 0. The molecule has 0 radical (unpaired) electrons. The van der Waals surface area contributed by atoms with E-state index in [1.54, 1.807) is 0 Å². The monoisotopic (exact) mass is 574 g/mol. The molecule has 2 aliphatic rings. The maximum absolute atomic E-state index is 12.8. The van der Waals surface area contributed by atoms with Gasteiger partial charge in [0.15, 0.2) is 5.82 Å². The van der Waals surface area contributed by atoms with Crippen LogP contribution in [0.4, 0.5) is 0 Å². The van der Waals surface area contributed by atoms with Crippen LogP contribution in [0.1, 0.15) is 160 Å². The third-order valence-electron chi connectivity index (χ3n) is 10.2. The number of benzene rings is 1. The zero-order chi connectivity index (χ0) is 29.4. The molecule has 1 aromatic heterocycles.